The second-order valence-electron chi connectivity index (χ2n) is 2.46. The van der Waals surface area contributed by atoms with Gasteiger partial charge in [-0.15, -0.1) is 6.42 Å². The van der Waals surface area contributed by atoms with Gasteiger partial charge in [0, 0.05) is 19.3 Å². The zero-order chi connectivity index (χ0) is 9.68. The normalized spacial score (nSPS) is 9.00. The summed E-state index contributed by atoms with van der Waals surface area (Å²) in [5, 5.41) is 0. The largest absolute Gasteiger partial charge is 0.481 e. The summed E-state index contributed by atoms with van der Waals surface area (Å²) in [6.45, 7) is 0.479. The molecule has 0 aliphatic carbocycles. The third-order valence-electron chi connectivity index (χ3n) is 1.50. The summed E-state index contributed by atoms with van der Waals surface area (Å²) in [5.74, 6) is 3.61. The minimum Gasteiger partial charge on any atom is -0.481 e. The monoisotopic (exact) mass is 177 g/mol. The second-order valence-corrected chi connectivity index (χ2v) is 2.46. The Kier molecular flexibility index (Phi) is 3.09. The summed E-state index contributed by atoms with van der Waals surface area (Å²) in [6.07, 6.45) is 6.79. The first kappa shape index (κ1) is 9.33. The van der Waals surface area contributed by atoms with Crippen LogP contribution in [0.25, 0.3) is 0 Å². The highest BCUT2D eigenvalue weighted by Crippen LogP contribution is 2.09. The molecule has 0 bridgehead atoms. The smallest absolute Gasteiger partial charge is 0.229 e. The van der Waals surface area contributed by atoms with Crippen molar-refractivity contribution in [3.63, 3.8) is 0 Å². The molecule has 0 unspecified atom stereocenters. The molecule has 4 heteroatoms. The third-order valence-corrected chi connectivity index (χ3v) is 1.50. The summed E-state index contributed by atoms with van der Waals surface area (Å²) < 4.78 is 4.95. The van der Waals surface area contributed by atoms with Crippen LogP contribution >= 0.6 is 0 Å². The van der Waals surface area contributed by atoms with Crippen LogP contribution in [0.2, 0.25) is 0 Å². The highest BCUT2D eigenvalue weighted by molar-refractivity contribution is 5.32. The lowest BCUT2D eigenvalue weighted by atomic mass is 10.5. The van der Waals surface area contributed by atoms with Gasteiger partial charge in [-0.3, -0.25) is 0 Å². The molecule has 13 heavy (non-hydrogen) atoms. The number of terminal acetylenes is 1. The van der Waals surface area contributed by atoms with Crippen molar-refractivity contribution in [1.82, 2.24) is 9.97 Å². The van der Waals surface area contributed by atoms with Gasteiger partial charge in [-0.25, -0.2) is 4.98 Å². The average molecular weight is 177 g/mol. The van der Waals surface area contributed by atoms with Gasteiger partial charge >= 0.3 is 0 Å². The van der Waals surface area contributed by atoms with Gasteiger partial charge in [-0.1, -0.05) is 5.92 Å². The van der Waals surface area contributed by atoms with E-state index < -0.39 is 0 Å². The van der Waals surface area contributed by atoms with Crippen molar-refractivity contribution >= 4 is 5.95 Å². The Balaban J connectivity index is 2.83. The van der Waals surface area contributed by atoms with Gasteiger partial charge in [0.1, 0.15) is 0 Å². The SMILES string of the molecule is C#CCN(C)c1nccc(OC)n1. The molecule has 0 saturated heterocycles. The number of hydrogen-bond acceptors (Lipinski definition) is 4. The van der Waals surface area contributed by atoms with Gasteiger partial charge in [0.05, 0.1) is 13.7 Å². The van der Waals surface area contributed by atoms with Gasteiger partial charge in [0.25, 0.3) is 0 Å². The molecular formula is C9H11N3O. The number of anilines is 1. The number of aromatic nitrogens is 2. The predicted octanol–water partition coefficient (Wildman–Crippen LogP) is 0.555. The van der Waals surface area contributed by atoms with Gasteiger partial charge in [0.15, 0.2) is 0 Å². The maximum absolute atomic E-state index is 5.16. The lowest BCUT2D eigenvalue weighted by Gasteiger charge is -2.13. The Labute approximate surface area is 77.6 Å². The number of rotatable bonds is 3. The predicted molar refractivity (Wildman–Crippen MR) is 50.7 cm³/mol. The van der Waals surface area contributed by atoms with E-state index in [0.717, 1.165) is 0 Å². The molecule has 0 radical (unpaired) electrons. The standard InChI is InChI=1S/C9H11N3O/c1-4-7-12(2)9-10-6-5-8(11-9)13-3/h1,5-6H,7H2,2-3H3. The van der Waals surface area contributed by atoms with Crippen molar-refractivity contribution in [2.45, 2.75) is 0 Å². The minimum atomic E-state index is 0.479. The molecule has 1 aromatic heterocycles. The van der Waals surface area contributed by atoms with Crippen molar-refractivity contribution in [1.29, 1.82) is 0 Å². The summed E-state index contributed by atoms with van der Waals surface area (Å²) in [5.41, 5.74) is 0. The van der Waals surface area contributed by atoms with Crippen LogP contribution < -0.4 is 9.64 Å². The molecule has 0 aromatic carbocycles. The fourth-order valence-electron chi connectivity index (χ4n) is 0.838. The van der Waals surface area contributed by atoms with E-state index in [-0.39, 0.29) is 0 Å². The van der Waals surface area contributed by atoms with E-state index in [0.29, 0.717) is 18.4 Å². The molecular weight excluding hydrogens is 166 g/mol. The molecule has 0 amide bonds. The topological polar surface area (TPSA) is 38.2 Å². The molecule has 0 fully saturated rings. The third kappa shape index (κ3) is 2.34. The van der Waals surface area contributed by atoms with Crippen LogP contribution in [0.1, 0.15) is 0 Å². The second kappa shape index (κ2) is 4.31. The van der Waals surface area contributed by atoms with Crippen LogP contribution in [-0.2, 0) is 0 Å². The molecule has 1 heterocycles. The number of methoxy groups -OCH3 is 1. The van der Waals surface area contributed by atoms with Gasteiger partial charge in [0.2, 0.25) is 11.8 Å². The van der Waals surface area contributed by atoms with Crippen LogP contribution in [-0.4, -0.2) is 30.7 Å². The number of hydrogen-bond donors (Lipinski definition) is 0. The average Bonchev–Trinajstić information content (AvgIpc) is 2.18. The van der Waals surface area contributed by atoms with Crippen LogP contribution in [0.3, 0.4) is 0 Å². The highest BCUT2D eigenvalue weighted by Gasteiger charge is 2.02. The van der Waals surface area contributed by atoms with Crippen LogP contribution in [0.4, 0.5) is 5.95 Å². The zero-order valence-corrected chi connectivity index (χ0v) is 7.69. The van der Waals surface area contributed by atoms with Gasteiger partial charge in [-0.2, -0.15) is 4.98 Å². The molecule has 0 saturated carbocycles. The molecule has 0 N–H and O–H groups in total. The summed E-state index contributed by atoms with van der Waals surface area (Å²) in [7, 11) is 3.39. The fourth-order valence-corrected chi connectivity index (χ4v) is 0.838. The molecule has 4 nitrogen and oxygen atoms in total. The van der Waals surface area contributed by atoms with E-state index in [4.69, 9.17) is 11.2 Å². The fraction of sp³-hybridized carbons (Fsp3) is 0.333. The lowest BCUT2D eigenvalue weighted by Crippen LogP contribution is -2.19. The minimum absolute atomic E-state index is 0.479. The first-order valence-corrected chi connectivity index (χ1v) is 3.79. The molecule has 0 aliphatic heterocycles. The molecule has 1 aromatic rings. The van der Waals surface area contributed by atoms with Crippen LogP contribution in [0.15, 0.2) is 12.3 Å². The van der Waals surface area contributed by atoms with E-state index in [2.05, 4.69) is 15.9 Å². The van der Waals surface area contributed by atoms with E-state index in [9.17, 15) is 0 Å². The van der Waals surface area contributed by atoms with E-state index in [1.54, 1.807) is 24.3 Å². The molecule has 0 aliphatic rings. The van der Waals surface area contributed by atoms with Crippen molar-refractivity contribution in [3.8, 4) is 18.2 Å². The van der Waals surface area contributed by atoms with E-state index in [1.807, 2.05) is 7.05 Å². The molecule has 0 spiro atoms. The number of nitrogens with zero attached hydrogens (tertiary/aromatic N) is 3. The Morgan fingerprint density at radius 3 is 3.08 bits per heavy atom. The van der Waals surface area contributed by atoms with Crippen LogP contribution in [0.5, 0.6) is 5.88 Å². The Morgan fingerprint density at radius 2 is 2.46 bits per heavy atom. The first-order valence-electron chi connectivity index (χ1n) is 3.79. The van der Waals surface area contributed by atoms with Crippen LogP contribution in [0, 0.1) is 12.3 Å². The zero-order valence-electron chi connectivity index (χ0n) is 7.69. The summed E-state index contributed by atoms with van der Waals surface area (Å²) in [4.78, 5) is 9.92. The van der Waals surface area contributed by atoms with Gasteiger partial charge < -0.3 is 9.64 Å². The van der Waals surface area contributed by atoms with E-state index in [1.165, 1.54) is 0 Å². The van der Waals surface area contributed by atoms with Crippen molar-refractivity contribution in [2.24, 2.45) is 0 Å². The lowest BCUT2D eigenvalue weighted by molar-refractivity contribution is 0.397. The Hall–Kier alpha value is -1.76. The molecule has 1 rings (SSSR count). The number of ether oxygens (including phenoxy) is 1. The summed E-state index contributed by atoms with van der Waals surface area (Å²) >= 11 is 0. The van der Waals surface area contributed by atoms with Crippen molar-refractivity contribution in [3.05, 3.63) is 12.3 Å². The van der Waals surface area contributed by atoms with Crippen molar-refractivity contribution in [2.75, 3.05) is 25.6 Å². The highest BCUT2D eigenvalue weighted by atomic mass is 16.5. The maximum atomic E-state index is 5.16. The molecule has 68 valence electrons. The Bertz CT molecular complexity index is 319. The molecule has 0 atom stereocenters. The first-order chi connectivity index (χ1) is 6.27. The Morgan fingerprint density at radius 1 is 1.69 bits per heavy atom. The quantitative estimate of drug-likeness (QED) is 0.632. The van der Waals surface area contributed by atoms with Crippen molar-refractivity contribution < 1.29 is 4.74 Å². The maximum Gasteiger partial charge on any atom is 0.229 e. The van der Waals surface area contributed by atoms with Gasteiger partial charge in [-0.05, 0) is 0 Å². The summed E-state index contributed by atoms with van der Waals surface area (Å²) in [6, 6.07) is 1.69. The van der Waals surface area contributed by atoms with E-state index >= 15 is 0 Å².